The fourth-order valence-corrected chi connectivity index (χ4v) is 5.54. The van der Waals surface area contributed by atoms with E-state index in [4.69, 9.17) is 16.3 Å². The summed E-state index contributed by atoms with van der Waals surface area (Å²) in [6.45, 7) is 0.855. The summed E-state index contributed by atoms with van der Waals surface area (Å²) in [4.78, 5) is 22.9. The van der Waals surface area contributed by atoms with Crippen LogP contribution in [0.4, 0.5) is 24.5 Å². The molecule has 0 fully saturated rings. The topological polar surface area (TPSA) is 81.5 Å². The summed E-state index contributed by atoms with van der Waals surface area (Å²) in [7, 11) is 0. The Kier molecular flexibility index (Phi) is 9.36. The molecule has 10 heteroatoms. The molecule has 0 heterocycles. The van der Waals surface area contributed by atoms with E-state index in [-0.39, 0.29) is 22.0 Å². The maximum Gasteiger partial charge on any atom is 0.445 e. The number of alkyl halides is 3. The lowest BCUT2D eigenvalue weighted by Gasteiger charge is -2.40. The Balaban J connectivity index is 1.81. The first-order chi connectivity index (χ1) is 22.5. The second-order valence-corrected chi connectivity index (χ2v) is 10.9. The minimum Gasteiger partial charge on any atom is -0.431 e. The Hall–Kier alpha value is -5.59. The summed E-state index contributed by atoms with van der Waals surface area (Å²) in [5.74, 6) is 3.35. The number of carbonyl (C=O) groups is 1. The average molecular weight is 655 g/mol. The molecule has 0 aliphatic heterocycles. The highest BCUT2D eigenvalue weighted by Gasteiger charge is 2.60. The van der Waals surface area contributed by atoms with E-state index in [2.05, 4.69) is 17.2 Å². The van der Waals surface area contributed by atoms with Crippen molar-refractivity contribution in [2.45, 2.75) is 24.2 Å². The molecule has 0 bridgehead atoms. The van der Waals surface area contributed by atoms with Crippen LogP contribution in [0.25, 0.3) is 0 Å². The van der Waals surface area contributed by atoms with Crippen LogP contribution in [-0.4, -0.2) is 17.1 Å². The fourth-order valence-electron chi connectivity index (χ4n) is 5.37. The van der Waals surface area contributed by atoms with Crippen LogP contribution in [0, 0.1) is 22.0 Å². The lowest BCUT2D eigenvalue weighted by Crippen LogP contribution is -2.46. The van der Waals surface area contributed by atoms with Gasteiger partial charge < -0.3 is 10.1 Å². The van der Waals surface area contributed by atoms with Gasteiger partial charge in [-0.3, -0.25) is 14.9 Å². The van der Waals surface area contributed by atoms with Crippen molar-refractivity contribution in [3.05, 3.63) is 176 Å². The highest BCUT2D eigenvalue weighted by molar-refractivity contribution is 6.30. The molecule has 6 nitrogen and oxygen atoms in total. The number of hydrogen-bond acceptors (Lipinski definition) is 5. The zero-order chi connectivity index (χ0) is 33.7. The predicted octanol–water partition coefficient (Wildman–Crippen LogP) is 9.02. The van der Waals surface area contributed by atoms with Crippen molar-refractivity contribution in [1.82, 2.24) is 0 Å². The van der Waals surface area contributed by atoms with Crippen molar-refractivity contribution in [2.24, 2.45) is 0 Å². The highest BCUT2D eigenvalue weighted by Crippen LogP contribution is 2.48. The van der Waals surface area contributed by atoms with Crippen LogP contribution in [0.15, 0.2) is 133 Å². The van der Waals surface area contributed by atoms with Crippen molar-refractivity contribution in [2.75, 3.05) is 5.32 Å². The summed E-state index contributed by atoms with van der Waals surface area (Å²) in [5.41, 5.74) is -3.51. The van der Waals surface area contributed by atoms with Gasteiger partial charge in [-0.1, -0.05) is 109 Å². The molecular formula is C37H26ClF3N2O4. The average Bonchev–Trinajstić information content (AvgIpc) is 3.07. The number of non-ortho nitro benzene ring substituents is 1. The Morgan fingerprint density at radius 1 is 0.787 bits per heavy atom. The number of nitrogens with one attached hydrogen (secondary N) is 1. The molecule has 1 atom stereocenters. The molecule has 0 saturated carbocycles. The maximum atomic E-state index is 15.5. The molecule has 0 radical (unpaired) electrons. The number of ether oxygens (including phenoxy) is 1. The molecule has 0 saturated heterocycles. The quantitative estimate of drug-likeness (QED) is 0.0594. The number of nitrogens with zero attached hydrogens (tertiary/aromatic N) is 1. The number of halogens is 4. The van der Waals surface area contributed by atoms with Gasteiger partial charge in [0.15, 0.2) is 0 Å². The van der Waals surface area contributed by atoms with Gasteiger partial charge in [-0.25, -0.2) is 0 Å². The molecule has 0 amide bonds. The van der Waals surface area contributed by atoms with Crippen LogP contribution in [0.3, 0.4) is 0 Å². The third kappa shape index (κ3) is 6.69. The molecule has 5 aromatic rings. The number of hydrogen-bond donors (Lipinski definition) is 1. The van der Waals surface area contributed by atoms with Crippen molar-refractivity contribution in [3.8, 4) is 11.8 Å². The van der Waals surface area contributed by atoms with Crippen LogP contribution in [0.5, 0.6) is 0 Å². The first kappa shape index (κ1) is 32.8. The molecule has 0 aliphatic carbocycles. The van der Waals surface area contributed by atoms with E-state index in [1.165, 1.54) is 24.3 Å². The van der Waals surface area contributed by atoms with Gasteiger partial charge in [0, 0.05) is 40.9 Å². The van der Waals surface area contributed by atoms with E-state index in [1.54, 1.807) is 0 Å². The zero-order valence-corrected chi connectivity index (χ0v) is 25.5. The minimum absolute atomic E-state index is 0.0279. The standard InChI is InChI=1S/C37H26ClF3N2O4/c1-26(44)47-35(37(39,40)41,24-23-27-17-20-32(21-18-27)43(45)46)33-25-31(38)19-22-34(33)42-36(28-11-5-2-6-12-28,29-13-7-3-8-14-29)30-15-9-4-10-16-30/h2-22,25,42H,1H3. The minimum atomic E-state index is -5.28. The fraction of sp³-hybridized carbons (Fsp3) is 0.108. The summed E-state index contributed by atoms with van der Waals surface area (Å²) >= 11 is 6.35. The van der Waals surface area contributed by atoms with Gasteiger partial charge in [0.1, 0.15) is 5.54 Å². The first-order valence-corrected chi connectivity index (χ1v) is 14.6. The highest BCUT2D eigenvalue weighted by atomic mass is 35.5. The smallest absolute Gasteiger partial charge is 0.431 e. The van der Waals surface area contributed by atoms with Crippen LogP contribution < -0.4 is 5.32 Å². The van der Waals surface area contributed by atoms with Crippen LogP contribution in [0.2, 0.25) is 5.02 Å². The first-order valence-electron chi connectivity index (χ1n) is 14.2. The Morgan fingerprint density at radius 3 is 1.70 bits per heavy atom. The molecule has 5 rings (SSSR count). The van der Waals surface area contributed by atoms with Gasteiger partial charge in [-0.15, -0.1) is 0 Å². The monoisotopic (exact) mass is 654 g/mol. The molecule has 1 N–H and O–H groups in total. The molecule has 5 aromatic carbocycles. The molecule has 236 valence electrons. The number of benzene rings is 5. The van der Waals surface area contributed by atoms with E-state index < -0.39 is 33.8 Å². The van der Waals surface area contributed by atoms with E-state index in [0.29, 0.717) is 16.7 Å². The summed E-state index contributed by atoms with van der Waals surface area (Å²) in [6.07, 6.45) is -5.28. The van der Waals surface area contributed by atoms with Gasteiger partial charge in [0.25, 0.3) is 11.3 Å². The zero-order valence-electron chi connectivity index (χ0n) is 24.8. The number of anilines is 1. The maximum absolute atomic E-state index is 15.5. The second-order valence-electron chi connectivity index (χ2n) is 10.5. The lowest BCUT2D eigenvalue weighted by molar-refractivity contribution is -0.384. The molecule has 47 heavy (non-hydrogen) atoms. The van der Waals surface area contributed by atoms with E-state index >= 15 is 13.2 Å². The Labute approximate surface area is 273 Å². The number of carbonyl (C=O) groups excluding carboxylic acids is 1. The number of esters is 1. The predicted molar refractivity (Wildman–Crippen MR) is 174 cm³/mol. The normalized spacial score (nSPS) is 12.6. The summed E-state index contributed by atoms with van der Waals surface area (Å²) < 4.78 is 51.6. The Bertz CT molecular complexity index is 1850. The van der Waals surface area contributed by atoms with Crippen LogP contribution in [0.1, 0.15) is 34.7 Å². The van der Waals surface area contributed by atoms with Crippen LogP contribution >= 0.6 is 11.6 Å². The van der Waals surface area contributed by atoms with E-state index in [1.807, 2.05) is 91.0 Å². The van der Waals surface area contributed by atoms with Gasteiger partial charge in [0.2, 0.25) is 0 Å². The van der Waals surface area contributed by atoms with Gasteiger partial charge in [-0.2, -0.15) is 13.2 Å². The van der Waals surface area contributed by atoms with Crippen molar-refractivity contribution >= 4 is 28.9 Å². The second kappa shape index (κ2) is 13.4. The summed E-state index contributed by atoms with van der Waals surface area (Å²) in [5, 5.41) is 14.5. The molecular weight excluding hydrogens is 629 g/mol. The SMILES string of the molecule is CC(=O)OC(C#Cc1ccc([N+](=O)[O-])cc1)(c1cc(Cl)ccc1NC(c1ccccc1)(c1ccccc1)c1ccccc1)C(F)(F)F. The molecule has 0 aromatic heterocycles. The lowest BCUT2D eigenvalue weighted by atomic mass is 9.76. The number of nitro benzene ring substituents is 1. The Morgan fingerprint density at radius 2 is 1.28 bits per heavy atom. The van der Waals surface area contributed by atoms with E-state index in [9.17, 15) is 14.9 Å². The van der Waals surface area contributed by atoms with E-state index in [0.717, 1.165) is 25.1 Å². The van der Waals surface area contributed by atoms with Crippen LogP contribution in [-0.2, 0) is 20.7 Å². The van der Waals surface area contributed by atoms with Crippen molar-refractivity contribution < 1.29 is 27.6 Å². The van der Waals surface area contributed by atoms with Gasteiger partial charge in [0.05, 0.1) is 4.92 Å². The largest absolute Gasteiger partial charge is 0.445 e. The van der Waals surface area contributed by atoms with Crippen molar-refractivity contribution in [1.29, 1.82) is 0 Å². The number of rotatable bonds is 8. The number of nitro groups is 1. The summed E-state index contributed by atoms with van der Waals surface area (Å²) in [6, 6.07) is 36.2. The van der Waals surface area contributed by atoms with Gasteiger partial charge >= 0.3 is 12.1 Å². The van der Waals surface area contributed by atoms with Crippen molar-refractivity contribution in [3.63, 3.8) is 0 Å². The molecule has 1 unspecified atom stereocenters. The third-order valence-electron chi connectivity index (χ3n) is 7.46. The van der Waals surface area contributed by atoms with Gasteiger partial charge in [-0.05, 0) is 52.9 Å². The third-order valence-corrected chi connectivity index (χ3v) is 7.70. The molecule has 0 spiro atoms. The molecule has 0 aliphatic rings.